The zero-order valence-electron chi connectivity index (χ0n) is 11.6. The fourth-order valence-corrected chi connectivity index (χ4v) is 2.25. The average molecular weight is 260 g/mol. The molecule has 1 aromatic carbocycles. The van der Waals surface area contributed by atoms with Gasteiger partial charge >= 0.3 is 5.63 Å². The molecule has 1 N–H and O–H groups in total. The Morgan fingerprint density at radius 3 is 2.63 bits per heavy atom. The second kappa shape index (κ2) is 5.57. The third kappa shape index (κ3) is 3.04. The summed E-state index contributed by atoms with van der Waals surface area (Å²) >= 11 is 0. The molecule has 0 saturated heterocycles. The summed E-state index contributed by atoms with van der Waals surface area (Å²) in [7, 11) is 0. The maximum Gasteiger partial charge on any atom is 0.336 e. The van der Waals surface area contributed by atoms with E-state index in [1.807, 2.05) is 18.2 Å². The molecule has 0 aliphatic carbocycles. The van der Waals surface area contributed by atoms with Crippen LogP contribution in [0.15, 0.2) is 33.5 Å². The smallest absolute Gasteiger partial charge is 0.336 e. The van der Waals surface area contributed by atoms with Crippen LogP contribution >= 0.6 is 0 Å². The largest absolute Gasteiger partial charge is 0.423 e. The molecule has 2 aromatic rings. The average Bonchev–Trinajstić information content (AvgIpc) is 2.37. The Morgan fingerprint density at radius 1 is 1.26 bits per heavy atom. The van der Waals surface area contributed by atoms with E-state index in [1.165, 1.54) is 6.07 Å². The van der Waals surface area contributed by atoms with E-state index in [4.69, 9.17) is 4.42 Å². The van der Waals surface area contributed by atoms with Crippen molar-refractivity contribution in [2.45, 2.75) is 39.7 Å². The van der Waals surface area contributed by atoms with Crippen molar-refractivity contribution >= 4 is 11.0 Å². The molecule has 19 heavy (non-hydrogen) atoms. The lowest BCUT2D eigenvalue weighted by Gasteiger charge is -2.11. The van der Waals surface area contributed by atoms with Gasteiger partial charge in [0.2, 0.25) is 0 Å². The molecule has 3 nitrogen and oxygen atoms in total. The molecule has 0 spiro atoms. The molecular weight excluding hydrogens is 240 g/mol. The van der Waals surface area contributed by atoms with Crippen molar-refractivity contribution in [3.8, 4) is 0 Å². The fraction of sp³-hybridized carbons (Fsp3) is 0.438. The van der Waals surface area contributed by atoms with Crippen molar-refractivity contribution < 1.29 is 9.52 Å². The molecule has 102 valence electrons. The van der Waals surface area contributed by atoms with Crippen molar-refractivity contribution in [3.63, 3.8) is 0 Å². The molecular formula is C16H20O3. The second-order valence-electron chi connectivity index (χ2n) is 5.24. The van der Waals surface area contributed by atoms with Gasteiger partial charge in [-0.1, -0.05) is 32.4 Å². The van der Waals surface area contributed by atoms with Gasteiger partial charge in [-0.05, 0) is 36.5 Å². The Kier molecular flexibility index (Phi) is 4.05. The van der Waals surface area contributed by atoms with E-state index in [0.29, 0.717) is 17.1 Å². The Bertz CT molecular complexity index is 625. The molecule has 0 bridgehead atoms. The number of rotatable bonds is 4. The van der Waals surface area contributed by atoms with Crippen LogP contribution in [0, 0.1) is 5.92 Å². The van der Waals surface area contributed by atoms with E-state index in [9.17, 15) is 9.90 Å². The predicted molar refractivity (Wildman–Crippen MR) is 76.3 cm³/mol. The zero-order valence-corrected chi connectivity index (χ0v) is 11.6. The van der Waals surface area contributed by atoms with E-state index in [0.717, 1.165) is 23.8 Å². The SMILES string of the molecule is CCC(C)Cc1ccc2c(C(C)O)cc(=O)oc2c1. The highest BCUT2D eigenvalue weighted by Crippen LogP contribution is 2.24. The Morgan fingerprint density at radius 2 is 2.00 bits per heavy atom. The lowest BCUT2D eigenvalue weighted by molar-refractivity contribution is 0.200. The minimum atomic E-state index is -0.674. The van der Waals surface area contributed by atoms with Gasteiger partial charge in [-0.3, -0.25) is 0 Å². The number of hydrogen-bond donors (Lipinski definition) is 1. The van der Waals surface area contributed by atoms with Crippen LogP contribution in [0.3, 0.4) is 0 Å². The van der Waals surface area contributed by atoms with Gasteiger partial charge < -0.3 is 9.52 Å². The summed E-state index contributed by atoms with van der Waals surface area (Å²) in [5, 5.41) is 10.5. The summed E-state index contributed by atoms with van der Waals surface area (Å²) in [6, 6.07) is 7.24. The third-order valence-electron chi connectivity index (χ3n) is 3.57. The van der Waals surface area contributed by atoms with Crippen molar-refractivity contribution in [3.05, 3.63) is 45.8 Å². The quantitative estimate of drug-likeness (QED) is 0.857. The molecule has 1 aromatic heterocycles. The summed E-state index contributed by atoms with van der Waals surface area (Å²) in [6.07, 6.45) is 1.41. The highest BCUT2D eigenvalue weighted by molar-refractivity contribution is 5.81. The molecule has 0 aliphatic heterocycles. The van der Waals surface area contributed by atoms with Gasteiger partial charge in [0.15, 0.2) is 0 Å². The Labute approximate surface area is 112 Å². The topological polar surface area (TPSA) is 50.4 Å². The fourth-order valence-electron chi connectivity index (χ4n) is 2.25. The van der Waals surface area contributed by atoms with Crippen molar-refractivity contribution in [1.82, 2.24) is 0 Å². The van der Waals surface area contributed by atoms with Crippen LogP contribution in [0.1, 0.15) is 44.4 Å². The van der Waals surface area contributed by atoms with E-state index >= 15 is 0 Å². The number of fused-ring (bicyclic) bond motifs is 1. The van der Waals surface area contributed by atoms with Crippen LogP contribution in [0.5, 0.6) is 0 Å². The van der Waals surface area contributed by atoms with Gasteiger partial charge in [-0.15, -0.1) is 0 Å². The first-order chi connectivity index (χ1) is 9.01. The van der Waals surface area contributed by atoms with E-state index in [2.05, 4.69) is 13.8 Å². The van der Waals surface area contributed by atoms with Crippen LogP contribution in [0.4, 0.5) is 0 Å². The lowest BCUT2D eigenvalue weighted by atomic mass is 9.97. The maximum atomic E-state index is 11.5. The lowest BCUT2D eigenvalue weighted by Crippen LogP contribution is -2.04. The minimum absolute atomic E-state index is 0.413. The molecule has 0 saturated carbocycles. The van der Waals surface area contributed by atoms with Crippen LogP contribution in [-0.4, -0.2) is 5.11 Å². The van der Waals surface area contributed by atoms with Gasteiger partial charge in [0.05, 0.1) is 6.10 Å². The minimum Gasteiger partial charge on any atom is -0.423 e. The standard InChI is InChI=1S/C16H20O3/c1-4-10(2)7-12-5-6-13-14(11(3)17)9-16(18)19-15(13)8-12/h5-6,8-11,17H,4,7H2,1-3H3. The number of benzene rings is 1. The highest BCUT2D eigenvalue weighted by atomic mass is 16.4. The molecule has 1 heterocycles. The second-order valence-corrected chi connectivity index (χ2v) is 5.24. The van der Waals surface area contributed by atoms with Gasteiger partial charge in [0.25, 0.3) is 0 Å². The summed E-state index contributed by atoms with van der Waals surface area (Å²) < 4.78 is 5.24. The zero-order chi connectivity index (χ0) is 14.0. The molecule has 2 atom stereocenters. The Hall–Kier alpha value is -1.61. The van der Waals surface area contributed by atoms with Crippen LogP contribution < -0.4 is 5.63 Å². The first-order valence-corrected chi connectivity index (χ1v) is 6.76. The molecule has 0 fully saturated rings. The first kappa shape index (κ1) is 13.8. The van der Waals surface area contributed by atoms with Crippen molar-refractivity contribution in [2.24, 2.45) is 5.92 Å². The van der Waals surface area contributed by atoms with Crippen molar-refractivity contribution in [2.75, 3.05) is 0 Å². The molecule has 0 aliphatic rings. The van der Waals surface area contributed by atoms with E-state index < -0.39 is 11.7 Å². The predicted octanol–water partition coefficient (Wildman–Crippen LogP) is 3.43. The van der Waals surface area contributed by atoms with Crippen LogP contribution in [0.25, 0.3) is 11.0 Å². The normalized spacial score (nSPS) is 14.5. The Balaban J connectivity index is 2.51. The van der Waals surface area contributed by atoms with Gasteiger partial charge in [0.1, 0.15) is 5.58 Å². The van der Waals surface area contributed by atoms with Gasteiger partial charge in [-0.25, -0.2) is 4.79 Å². The first-order valence-electron chi connectivity index (χ1n) is 6.76. The molecule has 0 amide bonds. The monoisotopic (exact) mass is 260 g/mol. The maximum absolute atomic E-state index is 11.5. The van der Waals surface area contributed by atoms with Crippen molar-refractivity contribution in [1.29, 1.82) is 0 Å². The molecule has 3 heteroatoms. The summed E-state index contributed by atoms with van der Waals surface area (Å²) in [5.74, 6) is 0.601. The highest BCUT2D eigenvalue weighted by Gasteiger charge is 2.11. The summed E-state index contributed by atoms with van der Waals surface area (Å²) in [4.78, 5) is 11.5. The number of aliphatic hydroxyl groups excluding tert-OH is 1. The summed E-state index contributed by atoms with van der Waals surface area (Å²) in [5.41, 5.74) is 1.93. The summed E-state index contributed by atoms with van der Waals surface area (Å²) in [6.45, 7) is 6.02. The van der Waals surface area contributed by atoms with Gasteiger partial charge in [0, 0.05) is 11.5 Å². The van der Waals surface area contributed by atoms with E-state index in [1.54, 1.807) is 6.92 Å². The molecule has 0 radical (unpaired) electrons. The van der Waals surface area contributed by atoms with Gasteiger partial charge in [-0.2, -0.15) is 0 Å². The number of aliphatic hydroxyl groups is 1. The molecule has 2 unspecified atom stereocenters. The van der Waals surface area contributed by atoms with E-state index in [-0.39, 0.29) is 0 Å². The van der Waals surface area contributed by atoms with Crippen LogP contribution in [0.2, 0.25) is 0 Å². The molecule has 2 rings (SSSR count). The third-order valence-corrected chi connectivity index (χ3v) is 3.57. The number of hydrogen-bond acceptors (Lipinski definition) is 3. The van der Waals surface area contributed by atoms with Crippen LogP contribution in [-0.2, 0) is 6.42 Å².